The molecule has 1 aliphatic carbocycles. The first kappa shape index (κ1) is 14.3. The van der Waals surface area contributed by atoms with Crippen molar-refractivity contribution < 1.29 is 5.11 Å². The minimum absolute atomic E-state index is 0.336. The van der Waals surface area contributed by atoms with Crippen LogP contribution < -0.4 is 5.32 Å². The molecule has 0 radical (unpaired) electrons. The number of hydrogen-bond donors (Lipinski definition) is 2. The van der Waals surface area contributed by atoms with Crippen LogP contribution in [0, 0.1) is 6.92 Å². The van der Waals surface area contributed by atoms with E-state index in [9.17, 15) is 5.11 Å². The number of benzene rings is 1. The number of nitrogens with zero attached hydrogens (tertiary/aromatic N) is 2. The van der Waals surface area contributed by atoms with Crippen LogP contribution in [0.15, 0.2) is 30.6 Å². The Labute approximate surface area is 125 Å². The van der Waals surface area contributed by atoms with E-state index in [4.69, 9.17) is 0 Å². The third-order valence-electron chi connectivity index (χ3n) is 4.40. The zero-order valence-electron chi connectivity index (χ0n) is 12.9. The first-order valence-electron chi connectivity index (χ1n) is 7.50. The van der Waals surface area contributed by atoms with Crippen LogP contribution in [-0.2, 0) is 19.1 Å². The Bertz CT molecular complexity index is 645. The number of hydrogen-bond acceptors (Lipinski definition) is 3. The molecule has 1 aliphatic rings. The lowest BCUT2D eigenvalue weighted by Gasteiger charge is -2.25. The highest BCUT2D eigenvalue weighted by Gasteiger charge is 2.28. The van der Waals surface area contributed by atoms with Gasteiger partial charge < -0.3 is 10.4 Å². The number of aliphatic hydroxyl groups is 1. The van der Waals surface area contributed by atoms with Gasteiger partial charge in [0.1, 0.15) is 5.60 Å². The van der Waals surface area contributed by atoms with Crippen molar-refractivity contribution in [2.45, 2.75) is 38.3 Å². The number of aromatic nitrogens is 2. The van der Waals surface area contributed by atoms with Crippen LogP contribution in [0.25, 0.3) is 0 Å². The van der Waals surface area contributed by atoms with Gasteiger partial charge in [0.2, 0.25) is 0 Å². The maximum atomic E-state index is 10.6. The van der Waals surface area contributed by atoms with Crippen LogP contribution in [0.1, 0.15) is 41.6 Å². The highest BCUT2D eigenvalue weighted by molar-refractivity contribution is 5.37. The molecule has 0 fully saturated rings. The van der Waals surface area contributed by atoms with Gasteiger partial charge in [0.15, 0.2) is 0 Å². The lowest BCUT2D eigenvalue weighted by atomic mass is 9.98. The molecule has 0 saturated carbocycles. The summed E-state index contributed by atoms with van der Waals surface area (Å²) in [5.41, 5.74) is 4.05. The summed E-state index contributed by atoms with van der Waals surface area (Å²) in [4.78, 5) is 0. The second kappa shape index (κ2) is 5.28. The summed E-state index contributed by atoms with van der Waals surface area (Å²) in [6.07, 6.45) is 5.81. The maximum absolute atomic E-state index is 10.6. The number of nitrogens with one attached hydrogen (secondary N) is 1. The Balaban J connectivity index is 1.71. The van der Waals surface area contributed by atoms with Gasteiger partial charge in [-0.25, -0.2) is 0 Å². The van der Waals surface area contributed by atoms with Crippen LogP contribution in [0.5, 0.6) is 0 Å². The van der Waals surface area contributed by atoms with Gasteiger partial charge in [-0.1, -0.05) is 23.8 Å². The van der Waals surface area contributed by atoms with Gasteiger partial charge in [0.05, 0.1) is 6.20 Å². The van der Waals surface area contributed by atoms with E-state index in [-0.39, 0.29) is 0 Å². The normalized spacial score (nSPS) is 20.3. The molecule has 2 N–H and O–H groups in total. The third-order valence-corrected chi connectivity index (χ3v) is 4.40. The molecular weight excluding hydrogens is 262 g/mol. The van der Waals surface area contributed by atoms with Crippen LogP contribution in [0.4, 0.5) is 0 Å². The lowest BCUT2D eigenvalue weighted by Crippen LogP contribution is -2.36. The molecule has 0 spiro atoms. The molecule has 0 aliphatic heterocycles. The summed E-state index contributed by atoms with van der Waals surface area (Å²) in [7, 11) is 1.86. The third kappa shape index (κ3) is 2.87. The molecule has 0 bridgehead atoms. The molecule has 21 heavy (non-hydrogen) atoms. The van der Waals surface area contributed by atoms with Gasteiger partial charge in [0.25, 0.3) is 0 Å². The quantitative estimate of drug-likeness (QED) is 0.905. The molecule has 3 rings (SSSR count). The van der Waals surface area contributed by atoms with E-state index < -0.39 is 5.60 Å². The Hall–Kier alpha value is -1.65. The number of rotatable bonds is 4. The largest absolute Gasteiger partial charge is 0.384 e. The predicted octanol–water partition coefficient (Wildman–Crippen LogP) is 2.21. The minimum Gasteiger partial charge on any atom is -0.384 e. The van der Waals surface area contributed by atoms with Gasteiger partial charge in [-0.2, -0.15) is 5.10 Å². The molecule has 0 saturated heterocycles. The Morgan fingerprint density at radius 1 is 1.48 bits per heavy atom. The van der Waals surface area contributed by atoms with Gasteiger partial charge in [0, 0.05) is 31.4 Å². The second-order valence-electron chi connectivity index (χ2n) is 6.35. The highest BCUT2D eigenvalue weighted by atomic mass is 16.3. The SMILES string of the molecule is Cc1ccc2c(c1)C(NCC(C)(O)c1cnn(C)c1)CC2. The van der Waals surface area contributed by atoms with E-state index in [0.29, 0.717) is 12.6 Å². The van der Waals surface area contributed by atoms with Gasteiger partial charge in [-0.3, -0.25) is 4.68 Å². The van der Waals surface area contributed by atoms with Crippen LogP contribution >= 0.6 is 0 Å². The molecule has 1 aromatic carbocycles. The maximum Gasteiger partial charge on any atom is 0.102 e. The first-order valence-corrected chi connectivity index (χ1v) is 7.50. The standard InChI is InChI=1S/C17H23N3O/c1-12-4-5-13-6-7-16(15(13)8-12)18-11-17(2,21)14-9-19-20(3)10-14/h4-5,8-10,16,18,21H,6-7,11H2,1-3H3. The fraction of sp³-hybridized carbons (Fsp3) is 0.471. The van der Waals surface area contributed by atoms with Crippen molar-refractivity contribution in [2.75, 3.05) is 6.54 Å². The van der Waals surface area contributed by atoms with Crippen molar-refractivity contribution in [3.63, 3.8) is 0 Å². The van der Waals surface area contributed by atoms with Gasteiger partial charge in [-0.05, 0) is 37.8 Å². The molecule has 2 unspecified atom stereocenters. The van der Waals surface area contributed by atoms with E-state index in [1.807, 2.05) is 20.2 Å². The number of fused-ring (bicyclic) bond motifs is 1. The van der Waals surface area contributed by atoms with E-state index in [1.165, 1.54) is 16.7 Å². The van der Waals surface area contributed by atoms with E-state index in [2.05, 4.69) is 35.5 Å². The molecule has 0 amide bonds. The fourth-order valence-corrected chi connectivity index (χ4v) is 3.06. The van der Waals surface area contributed by atoms with E-state index in [0.717, 1.165) is 18.4 Å². The smallest absolute Gasteiger partial charge is 0.102 e. The molecule has 4 nitrogen and oxygen atoms in total. The zero-order chi connectivity index (χ0) is 15.0. The molecule has 1 heterocycles. The van der Waals surface area contributed by atoms with Crippen molar-refractivity contribution in [1.29, 1.82) is 0 Å². The Morgan fingerprint density at radius 2 is 2.29 bits per heavy atom. The number of aryl methyl sites for hydroxylation is 3. The fourth-order valence-electron chi connectivity index (χ4n) is 3.06. The molecule has 112 valence electrons. The topological polar surface area (TPSA) is 50.1 Å². The summed E-state index contributed by atoms with van der Waals surface area (Å²) in [5, 5.41) is 18.3. The van der Waals surface area contributed by atoms with Crippen LogP contribution in [-0.4, -0.2) is 21.4 Å². The van der Waals surface area contributed by atoms with Crippen molar-refractivity contribution in [3.8, 4) is 0 Å². The summed E-state index contributed by atoms with van der Waals surface area (Å²) in [6, 6.07) is 7.00. The molecule has 4 heteroatoms. The van der Waals surface area contributed by atoms with E-state index in [1.54, 1.807) is 10.9 Å². The minimum atomic E-state index is -0.902. The molecule has 2 aromatic rings. The highest BCUT2D eigenvalue weighted by Crippen LogP contribution is 2.32. The van der Waals surface area contributed by atoms with Crippen molar-refractivity contribution in [1.82, 2.24) is 15.1 Å². The predicted molar refractivity (Wildman–Crippen MR) is 83.0 cm³/mol. The van der Waals surface area contributed by atoms with Crippen LogP contribution in [0.3, 0.4) is 0 Å². The van der Waals surface area contributed by atoms with Crippen molar-refractivity contribution >= 4 is 0 Å². The Morgan fingerprint density at radius 3 is 3.00 bits per heavy atom. The lowest BCUT2D eigenvalue weighted by molar-refractivity contribution is 0.0537. The zero-order valence-corrected chi connectivity index (χ0v) is 12.9. The van der Waals surface area contributed by atoms with Crippen molar-refractivity contribution in [2.24, 2.45) is 7.05 Å². The molecule has 1 aromatic heterocycles. The second-order valence-corrected chi connectivity index (χ2v) is 6.35. The average molecular weight is 285 g/mol. The van der Waals surface area contributed by atoms with E-state index >= 15 is 0 Å². The monoisotopic (exact) mass is 285 g/mol. The van der Waals surface area contributed by atoms with Gasteiger partial charge in [-0.15, -0.1) is 0 Å². The summed E-state index contributed by atoms with van der Waals surface area (Å²) < 4.78 is 1.72. The van der Waals surface area contributed by atoms with Gasteiger partial charge >= 0.3 is 0 Å². The summed E-state index contributed by atoms with van der Waals surface area (Å²) in [6.45, 7) is 4.49. The molecule has 2 atom stereocenters. The first-order chi connectivity index (χ1) is 9.95. The van der Waals surface area contributed by atoms with Crippen LogP contribution in [0.2, 0.25) is 0 Å². The molecular formula is C17H23N3O. The van der Waals surface area contributed by atoms with Crippen molar-refractivity contribution in [3.05, 3.63) is 52.8 Å². The average Bonchev–Trinajstić information content (AvgIpc) is 3.03. The Kier molecular flexibility index (Phi) is 3.59. The summed E-state index contributed by atoms with van der Waals surface area (Å²) in [5.74, 6) is 0. The summed E-state index contributed by atoms with van der Waals surface area (Å²) >= 11 is 0.